The van der Waals surface area contributed by atoms with E-state index in [0.29, 0.717) is 24.1 Å². The van der Waals surface area contributed by atoms with Crippen molar-refractivity contribution in [3.05, 3.63) is 89.5 Å². The summed E-state index contributed by atoms with van der Waals surface area (Å²) in [6.45, 7) is 0. The number of carboxylic acids is 1. The molecule has 174 valence electrons. The molecule has 3 aromatic carbocycles. The van der Waals surface area contributed by atoms with E-state index in [1.807, 2.05) is 0 Å². The van der Waals surface area contributed by atoms with Gasteiger partial charge in [-0.3, -0.25) is 14.4 Å². The average Bonchev–Trinajstić information content (AvgIpc) is 3.31. The first-order chi connectivity index (χ1) is 16.3. The Labute approximate surface area is 195 Å². The van der Waals surface area contributed by atoms with Gasteiger partial charge in [0.05, 0.1) is 5.41 Å². The molecule has 4 rings (SSSR count). The third kappa shape index (κ3) is 4.88. The summed E-state index contributed by atoms with van der Waals surface area (Å²) in [6, 6.07) is 16.9. The molecule has 0 saturated heterocycles. The average molecular weight is 463 g/mol. The molecule has 0 aromatic heterocycles. The molecule has 0 aliphatic heterocycles. The van der Waals surface area contributed by atoms with Crippen LogP contribution in [0, 0.1) is 17.0 Å². The molecule has 1 saturated carbocycles. The first-order valence-corrected chi connectivity index (χ1v) is 11.0. The molecular formula is C27H23F2NO4. The number of anilines is 1. The highest BCUT2D eigenvalue weighted by molar-refractivity contribution is 6.04. The predicted molar refractivity (Wildman–Crippen MR) is 124 cm³/mol. The van der Waals surface area contributed by atoms with E-state index < -0.39 is 28.9 Å². The number of halogens is 2. The summed E-state index contributed by atoms with van der Waals surface area (Å²) in [5.74, 6) is -3.74. The van der Waals surface area contributed by atoms with Gasteiger partial charge >= 0.3 is 5.97 Å². The monoisotopic (exact) mass is 463 g/mol. The van der Waals surface area contributed by atoms with Crippen molar-refractivity contribution in [2.75, 3.05) is 5.32 Å². The minimum atomic E-state index is -1.09. The molecule has 3 aromatic rings. The van der Waals surface area contributed by atoms with Crippen LogP contribution in [0.2, 0.25) is 0 Å². The molecule has 5 nitrogen and oxygen atoms in total. The number of carboxylic acid groups (broad SMARTS) is 1. The number of ketones is 1. The molecule has 0 unspecified atom stereocenters. The maximum Gasteiger partial charge on any atom is 0.310 e. The summed E-state index contributed by atoms with van der Waals surface area (Å²) in [4.78, 5) is 36.7. The van der Waals surface area contributed by atoms with Crippen LogP contribution in [0.25, 0.3) is 11.1 Å². The van der Waals surface area contributed by atoms with E-state index in [1.165, 1.54) is 6.07 Å². The van der Waals surface area contributed by atoms with E-state index >= 15 is 0 Å². The van der Waals surface area contributed by atoms with Gasteiger partial charge in [-0.2, -0.15) is 0 Å². The van der Waals surface area contributed by atoms with Gasteiger partial charge in [0.15, 0.2) is 17.4 Å². The lowest BCUT2D eigenvalue weighted by Crippen LogP contribution is -2.30. The van der Waals surface area contributed by atoms with Gasteiger partial charge < -0.3 is 10.4 Å². The first kappa shape index (κ1) is 23.3. The van der Waals surface area contributed by atoms with Crippen LogP contribution in [0.1, 0.15) is 52.8 Å². The Morgan fingerprint density at radius 3 is 1.91 bits per heavy atom. The second-order valence-corrected chi connectivity index (χ2v) is 8.63. The number of rotatable bonds is 7. The van der Waals surface area contributed by atoms with Crippen LogP contribution in [0.15, 0.2) is 66.7 Å². The minimum absolute atomic E-state index is 0.00511. The lowest BCUT2D eigenvalue weighted by Gasteiger charge is -2.22. The van der Waals surface area contributed by atoms with Crippen LogP contribution in [0.4, 0.5) is 14.5 Å². The highest BCUT2D eigenvalue weighted by Crippen LogP contribution is 2.42. The Hall–Kier alpha value is -3.87. The van der Waals surface area contributed by atoms with Gasteiger partial charge in [0, 0.05) is 23.2 Å². The summed E-state index contributed by atoms with van der Waals surface area (Å²) in [5.41, 5.74) is 1.72. The van der Waals surface area contributed by atoms with Crippen molar-refractivity contribution in [2.45, 2.75) is 32.1 Å². The molecule has 7 heteroatoms. The largest absolute Gasteiger partial charge is 0.481 e. The number of hydrogen-bond acceptors (Lipinski definition) is 3. The van der Waals surface area contributed by atoms with Crippen molar-refractivity contribution >= 4 is 23.3 Å². The Morgan fingerprint density at radius 2 is 1.35 bits per heavy atom. The van der Waals surface area contributed by atoms with Gasteiger partial charge in [-0.25, -0.2) is 8.78 Å². The van der Waals surface area contributed by atoms with E-state index in [9.17, 15) is 28.3 Å². The summed E-state index contributed by atoms with van der Waals surface area (Å²) in [7, 11) is 0. The van der Waals surface area contributed by atoms with Gasteiger partial charge in [0.2, 0.25) is 0 Å². The molecule has 1 aliphatic carbocycles. The smallest absolute Gasteiger partial charge is 0.310 e. The second-order valence-electron chi connectivity index (χ2n) is 8.63. The van der Waals surface area contributed by atoms with Crippen molar-refractivity contribution in [3.8, 4) is 11.1 Å². The molecule has 0 bridgehead atoms. The summed E-state index contributed by atoms with van der Waals surface area (Å²) in [5, 5.41) is 12.2. The number of Topliss-reactive ketones (excluding diaryl/α,β-unsaturated/α-hetero) is 1. The van der Waals surface area contributed by atoms with Gasteiger partial charge in [0.25, 0.3) is 5.91 Å². The number of amides is 1. The Kier molecular flexibility index (Phi) is 6.54. The topological polar surface area (TPSA) is 83.5 Å². The molecule has 34 heavy (non-hydrogen) atoms. The molecule has 0 atom stereocenters. The highest BCUT2D eigenvalue weighted by atomic mass is 19.2. The quantitative estimate of drug-likeness (QED) is 0.415. The zero-order valence-corrected chi connectivity index (χ0v) is 18.3. The molecule has 0 radical (unpaired) electrons. The first-order valence-electron chi connectivity index (χ1n) is 11.0. The second kappa shape index (κ2) is 9.55. The molecule has 0 heterocycles. The van der Waals surface area contributed by atoms with Crippen molar-refractivity contribution in [1.29, 1.82) is 0 Å². The molecule has 1 fully saturated rings. The fraction of sp³-hybridized carbons (Fsp3) is 0.222. The molecular weight excluding hydrogens is 440 g/mol. The van der Waals surface area contributed by atoms with E-state index in [-0.39, 0.29) is 17.8 Å². The van der Waals surface area contributed by atoms with Gasteiger partial charge in [-0.1, -0.05) is 49.2 Å². The minimum Gasteiger partial charge on any atom is -0.481 e. The summed E-state index contributed by atoms with van der Waals surface area (Å²) < 4.78 is 26.4. The third-order valence-corrected chi connectivity index (χ3v) is 6.38. The van der Waals surface area contributed by atoms with Crippen LogP contribution in [0.3, 0.4) is 0 Å². The van der Waals surface area contributed by atoms with Crippen LogP contribution in [-0.2, 0) is 4.79 Å². The van der Waals surface area contributed by atoms with E-state index in [0.717, 1.165) is 36.1 Å². The Morgan fingerprint density at radius 1 is 0.794 bits per heavy atom. The van der Waals surface area contributed by atoms with Crippen molar-refractivity contribution in [2.24, 2.45) is 5.41 Å². The van der Waals surface area contributed by atoms with Gasteiger partial charge in [0.1, 0.15) is 0 Å². The third-order valence-electron chi connectivity index (χ3n) is 6.38. The number of hydrogen-bond donors (Lipinski definition) is 2. The maximum absolute atomic E-state index is 13.4. The van der Waals surface area contributed by atoms with Crippen LogP contribution in [-0.4, -0.2) is 22.8 Å². The van der Waals surface area contributed by atoms with Gasteiger partial charge in [-0.15, -0.1) is 0 Å². The zero-order chi connectivity index (χ0) is 24.3. The SMILES string of the molecule is O=C(CC1(C(=O)O)CCCC1)c1ccc(-c2ccc(NC(=O)c3ccc(F)c(F)c3)cc2)cc1. The molecule has 1 aliphatic rings. The molecule has 2 N–H and O–H groups in total. The van der Waals surface area contributed by atoms with Crippen molar-refractivity contribution < 1.29 is 28.3 Å². The van der Waals surface area contributed by atoms with E-state index in [1.54, 1.807) is 48.5 Å². The zero-order valence-electron chi connectivity index (χ0n) is 18.3. The lowest BCUT2D eigenvalue weighted by molar-refractivity contribution is -0.148. The van der Waals surface area contributed by atoms with E-state index in [4.69, 9.17) is 0 Å². The van der Waals surface area contributed by atoms with E-state index in [2.05, 4.69) is 5.32 Å². The van der Waals surface area contributed by atoms with Crippen LogP contribution < -0.4 is 5.32 Å². The standard InChI is InChI=1S/C27H23F2NO4/c28-22-12-9-20(15-23(22)29)25(32)30-21-10-7-18(8-11-21)17-3-5-19(6-4-17)24(31)16-27(26(33)34)13-1-2-14-27/h3-12,15H,1-2,13-14,16H2,(H,30,32)(H,33,34). The number of benzene rings is 3. The predicted octanol–water partition coefficient (Wildman–Crippen LogP) is 6.10. The molecule has 1 amide bonds. The van der Waals surface area contributed by atoms with Crippen molar-refractivity contribution in [1.82, 2.24) is 0 Å². The van der Waals surface area contributed by atoms with Crippen LogP contribution >= 0.6 is 0 Å². The summed E-state index contributed by atoms with van der Waals surface area (Å²) in [6.07, 6.45) is 2.73. The summed E-state index contributed by atoms with van der Waals surface area (Å²) >= 11 is 0. The normalized spacial score (nSPS) is 14.5. The van der Waals surface area contributed by atoms with Crippen LogP contribution in [0.5, 0.6) is 0 Å². The number of carbonyl (C=O) groups is 3. The highest BCUT2D eigenvalue weighted by Gasteiger charge is 2.42. The fourth-order valence-corrected chi connectivity index (χ4v) is 4.36. The lowest BCUT2D eigenvalue weighted by atomic mass is 9.80. The van der Waals surface area contributed by atoms with Crippen molar-refractivity contribution in [3.63, 3.8) is 0 Å². The Balaban J connectivity index is 1.42. The maximum atomic E-state index is 13.4. The number of carbonyl (C=O) groups excluding carboxylic acids is 2. The number of nitrogens with one attached hydrogen (secondary N) is 1. The van der Waals surface area contributed by atoms with Gasteiger partial charge in [-0.05, 0) is 54.3 Å². The molecule has 0 spiro atoms. The number of aliphatic carboxylic acids is 1. The Bertz CT molecular complexity index is 1230. The fourth-order valence-electron chi connectivity index (χ4n) is 4.36.